The van der Waals surface area contributed by atoms with Crippen LogP contribution in [0.15, 0.2) is 16.8 Å². The minimum atomic E-state index is -0.843. The van der Waals surface area contributed by atoms with Gasteiger partial charge in [-0.25, -0.2) is 0 Å². The Morgan fingerprint density at radius 1 is 1.38 bits per heavy atom. The smallest absolute Gasteiger partial charge is 0.163 e. The third kappa shape index (κ3) is 4.85. The van der Waals surface area contributed by atoms with Crippen LogP contribution in [0.2, 0.25) is 0 Å². The molecular weight excluding hydrogens is 274 g/mol. The number of nitrogens with zero attached hydrogens (tertiary/aromatic N) is 1. The van der Waals surface area contributed by atoms with E-state index in [1.54, 1.807) is 27.7 Å². The molecule has 122 valence electrons. The van der Waals surface area contributed by atoms with Crippen LogP contribution in [0.4, 0.5) is 0 Å². The summed E-state index contributed by atoms with van der Waals surface area (Å²) in [6, 6.07) is -0.349. The van der Waals surface area contributed by atoms with Crippen molar-refractivity contribution in [2.75, 3.05) is 6.61 Å². The summed E-state index contributed by atoms with van der Waals surface area (Å²) in [6.07, 6.45) is 0.502. The van der Waals surface area contributed by atoms with Crippen LogP contribution < -0.4 is 0 Å². The highest BCUT2D eigenvalue weighted by atomic mass is 16.8. The van der Waals surface area contributed by atoms with E-state index in [0.29, 0.717) is 12.0 Å². The predicted molar refractivity (Wildman–Crippen MR) is 79.7 cm³/mol. The van der Waals surface area contributed by atoms with Crippen LogP contribution >= 0.6 is 0 Å². The maximum absolute atomic E-state index is 10.6. The van der Waals surface area contributed by atoms with Crippen molar-refractivity contribution in [3.63, 3.8) is 0 Å². The van der Waals surface area contributed by atoms with Crippen molar-refractivity contribution in [2.45, 2.75) is 71.2 Å². The molecule has 21 heavy (non-hydrogen) atoms. The van der Waals surface area contributed by atoms with E-state index in [9.17, 15) is 10.0 Å². The van der Waals surface area contributed by atoms with Gasteiger partial charge in [0.15, 0.2) is 5.79 Å². The monoisotopic (exact) mass is 301 g/mol. The fraction of sp³-hybridized carbons (Fsp3) is 0.867. The Morgan fingerprint density at radius 2 is 2.00 bits per heavy atom. The molecule has 0 saturated carbocycles. The standard InChI is InChI=1S/C15H27NO5/c1-9(11(3)16-19)8-10(2)13(18)14-12(6-7-17)20-15(4,5)21-14/h8-9,11-14,17-18H,6-7H2,1-5H3/b10-8-/t9-,11?,12+,13-,14+/m1/s1. The molecule has 0 aromatic heterocycles. The molecule has 0 bridgehead atoms. The number of aliphatic hydroxyl groups is 2. The Labute approximate surface area is 126 Å². The zero-order chi connectivity index (χ0) is 16.2. The zero-order valence-electron chi connectivity index (χ0n) is 13.4. The molecule has 1 rings (SSSR count). The molecule has 0 aliphatic carbocycles. The molecule has 1 aliphatic heterocycles. The second-order valence-electron chi connectivity index (χ2n) is 6.21. The summed E-state index contributed by atoms with van der Waals surface area (Å²) in [4.78, 5) is 10.6. The Balaban J connectivity index is 2.82. The van der Waals surface area contributed by atoms with Crippen LogP contribution in [-0.4, -0.2) is 47.0 Å². The summed E-state index contributed by atoms with van der Waals surface area (Å²) >= 11 is 0. The van der Waals surface area contributed by atoms with Crippen LogP contribution in [0.3, 0.4) is 0 Å². The van der Waals surface area contributed by atoms with Crippen LogP contribution in [0.5, 0.6) is 0 Å². The largest absolute Gasteiger partial charge is 0.396 e. The molecular formula is C15H27NO5. The van der Waals surface area contributed by atoms with Gasteiger partial charge in [0.05, 0.1) is 12.1 Å². The number of hydrogen-bond donors (Lipinski definition) is 2. The lowest BCUT2D eigenvalue weighted by Gasteiger charge is -2.24. The molecule has 1 unspecified atom stereocenters. The first-order valence-electron chi connectivity index (χ1n) is 7.37. The number of nitroso groups, excluding NO2 is 1. The summed E-state index contributed by atoms with van der Waals surface area (Å²) < 4.78 is 11.5. The Morgan fingerprint density at radius 3 is 2.52 bits per heavy atom. The van der Waals surface area contributed by atoms with Crippen LogP contribution in [0.25, 0.3) is 0 Å². The number of ether oxygens (including phenoxy) is 2. The lowest BCUT2D eigenvalue weighted by atomic mass is 9.95. The van der Waals surface area contributed by atoms with Crippen molar-refractivity contribution >= 4 is 0 Å². The molecule has 6 heteroatoms. The fourth-order valence-electron chi connectivity index (χ4n) is 2.49. The summed E-state index contributed by atoms with van der Waals surface area (Å²) in [5, 5.41) is 22.6. The molecule has 0 spiro atoms. The zero-order valence-corrected chi connectivity index (χ0v) is 13.4. The second-order valence-corrected chi connectivity index (χ2v) is 6.21. The SMILES string of the molecule is C/C(=C/[C@@H](C)C(C)N=O)[C@@H](O)[C@H]1OC(C)(C)O[C@H]1CCO. The van der Waals surface area contributed by atoms with E-state index >= 15 is 0 Å². The molecule has 5 atom stereocenters. The minimum absolute atomic E-state index is 0.0292. The van der Waals surface area contributed by atoms with Crippen molar-refractivity contribution in [3.05, 3.63) is 16.6 Å². The van der Waals surface area contributed by atoms with Gasteiger partial charge in [-0.3, -0.25) is 0 Å². The third-order valence-corrected chi connectivity index (χ3v) is 3.87. The van der Waals surface area contributed by atoms with Gasteiger partial charge >= 0.3 is 0 Å². The van der Waals surface area contributed by atoms with Crippen LogP contribution in [0, 0.1) is 10.8 Å². The molecule has 1 aliphatic rings. The topological polar surface area (TPSA) is 88.4 Å². The van der Waals surface area contributed by atoms with Gasteiger partial charge in [-0.1, -0.05) is 18.2 Å². The van der Waals surface area contributed by atoms with E-state index in [-0.39, 0.29) is 24.7 Å². The van der Waals surface area contributed by atoms with Gasteiger partial charge in [-0.2, -0.15) is 4.91 Å². The summed E-state index contributed by atoms with van der Waals surface area (Å²) in [5.74, 6) is -0.849. The lowest BCUT2D eigenvalue weighted by molar-refractivity contribution is -0.153. The van der Waals surface area contributed by atoms with E-state index in [2.05, 4.69) is 5.18 Å². The Kier molecular flexibility index (Phi) is 6.46. The maximum atomic E-state index is 10.6. The van der Waals surface area contributed by atoms with Crippen molar-refractivity contribution < 1.29 is 19.7 Å². The minimum Gasteiger partial charge on any atom is -0.396 e. The van der Waals surface area contributed by atoms with Gasteiger partial charge in [0, 0.05) is 6.61 Å². The molecule has 0 amide bonds. The third-order valence-electron chi connectivity index (χ3n) is 3.87. The second kappa shape index (κ2) is 7.45. The van der Waals surface area contributed by atoms with Crippen LogP contribution in [0.1, 0.15) is 41.0 Å². The first kappa shape index (κ1) is 18.2. The van der Waals surface area contributed by atoms with Gasteiger partial charge in [-0.05, 0) is 45.6 Å². The molecule has 0 aromatic rings. The molecule has 0 radical (unpaired) electrons. The number of aliphatic hydroxyl groups excluding tert-OH is 2. The maximum Gasteiger partial charge on any atom is 0.163 e. The van der Waals surface area contributed by atoms with Gasteiger partial charge in [0.1, 0.15) is 12.2 Å². The van der Waals surface area contributed by atoms with Crippen molar-refractivity contribution in [1.82, 2.24) is 0 Å². The lowest BCUT2D eigenvalue weighted by Crippen LogP contribution is -2.37. The number of hydrogen-bond acceptors (Lipinski definition) is 6. The molecule has 2 N–H and O–H groups in total. The van der Waals surface area contributed by atoms with Crippen molar-refractivity contribution in [1.29, 1.82) is 0 Å². The van der Waals surface area contributed by atoms with E-state index in [1.165, 1.54) is 0 Å². The first-order chi connectivity index (χ1) is 9.71. The summed E-state index contributed by atoms with van der Waals surface area (Å²) in [7, 11) is 0. The molecule has 6 nitrogen and oxygen atoms in total. The molecule has 0 aromatic carbocycles. The quantitative estimate of drug-likeness (QED) is 0.554. The van der Waals surface area contributed by atoms with E-state index < -0.39 is 18.0 Å². The highest BCUT2D eigenvalue weighted by molar-refractivity contribution is 5.12. The fourth-order valence-corrected chi connectivity index (χ4v) is 2.49. The normalized spacial score (nSPS) is 30.0. The highest BCUT2D eigenvalue weighted by Gasteiger charge is 2.44. The molecule has 1 heterocycles. The predicted octanol–water partition coefficient (Wildman–Crippen LogP) is 1.99. The summed E-state index contributed by atoms with van der Waals surface area (Å²) in [5.41, 5.74) is 0.715. The molecule has 1 fully saturated rings. The molecule has 1 saturated heterocycles. The summed E-state index contributed by atoms with van der Waals surface area (Å²) in [6.45, 7) is 8.94. The van der Waals surface area contributed by atoms with E-state index in [0.717, 1.165) is 0 Å². The first-order valence-corrected chi connectivity index (χ1v) is 7.37. The Bertz CT molecular complexity index is 382. The average molecular weight is 301 g/mol. The van der Waals surface area contributed by atoms with Gasteiger partial charge in [0.25, 0.3) is 0 Å². The van der Waals surface area contributed by atoms with Crippen molar-refractivity contribution in [2.24, 2.45) is 11.1 Å². The van der Waals surface area contributed by atoms with Crippen LogP contribution in [-0.2, 0) is 9.47 Å². The van der Waals surface area contributed by atoms with E-state index in [1.807, 2.05) is 13.0 Å². The van der Waals surface area contributed by atoms with Crippen molar-refractivity contribution in [3.8, 4) is 0 Å². The Hall–Kier alpha value is -0.820. The highest BCUT2D eigenvalue weighted by Crippen LogP contribution is 2.33. The van der Waals surface area contributed by atoms with Gasteiger partial charge in [0.2, 0.25) is 0 Å². The van der Waals surface area contributed by atoms with Gasteiger partial charge in [-0.15, -0.1) is 0 Å². The average Bonchev–Trinajstić information content (AvgIpc) is 2.72. The van der Waals surface area contributed by atoms with E-state index in [4.69, 9.17) is 14.6 Å². The van der Waals surface area contributed by atoms with Gasteiger partial charge < -0.3 is 19.7 Å². The number of rotatable bonds is 7.